The Bertz CT molecular complexity index is 1920. The molecule has 1 unspecified atom stereocenters. The minimum absolute atomic E-state index is 0.0169. The summed E-state index contributed by atoms with van der Waals surface area (Å²) in [6.07, 6.45) is 3.17. The fraction of sp³-hybridized carbons (Fsp3) is 0.297. The fourth-order valence-electron chi connectivity index (χ4n) is 6.33. The molecule has 2 aliphatic rings. The van der Waals surface area contributed by atoms with E-state index in [-0.39, 0.29) is 11.7 Å². The van der Waals surface area contributed by atoms with E-state index in [4.69, 9.17) is 14.7 Å². The largest absolute Gasteiger partial charge is 0.378 e. The highest BCUT2D eigenvalue weighted by molar-refractivity contribution is 5.95. The Morgan fingerprint density at radius 2 is 1.67 bits per heavy atom. The summed E-state index contributed by atoms with van der Waals surface area (Å²) in [5.74, 6) is 0.818. The van der Waals surface area contributed by atoms with E-state index in [1.165, 1.54) is 6.07 Å². The van der Waals surface area contributed by atoms with Gasteiger partial charge in [-0.15, -0.1) is 0 Å². The molecule has 0 spiro atoms. The normalized spacial score (nSPS) is 17.0. The predicted octanol–water partition coefficient (Wildman–Crippen LogP) is 4.91. The monoisotopic (exact) mass is 662 g/mol. The Morgan fingerprint density at radius 3 is 2.33 bits per heavy atom. The third-order valence-corrected chi connectivity index (χ3v) is 9.11. The second kappa shape index (κ2) is 14.1. The number of carbonyl (C=O) groups is 1. The van der Waals surface area contributed by atoms with E-state index in [2.05, 4.69) is 25.4 Å². The number of halogens is 1. The molecule has 252 valence electrons. The summed E-state index contributed by atoms with van der Waals surface area (Å²) in [4.78, 5) is 33.0. The number of morpholine rings is 1. The molecule has 2 aliphatic heterocycles. The number of amides is 1. The van der Waals surface area contributed by atoms with Crippen molar-refractivity contribution in [3.63, 3.8) is 0 Å². The molecule has 0 saturated carbocycles. The number of carbonyl (C=O) groups excluding carboxylic acids is 1. The van der Waals surface area contributed by atoms with Gasteiger partial charge in [-0.05, 0) is 87.2 Å². The van der Waals surface area contributed by atoms with Crippen molar-refractivity contribution in [1.82, 2.24) is 24.8 Å². The number of benzene rings is 3. The number of aliphatic hydroxyl groups is 1. The number of aromatic nitrogens is 3. The number of hydrogen-bond donors (Lipinski definition) is 3. The van der Waals surface area contributed by atoms with Gasteiger partial charge >= 0.3 is 0 Å². The number of rotatable bonds is 9. The number of hydrogen-bond acceptors (Lipinski definition) is 10. The van der Waals surface area contributed by atoms with Gasteiger partial charge in [0.05, 0.1) is 18.7 Å². The first kappa shape index (κ1) is 32.4. The number of anilines is 3. The van der Waals surface area contributed by atoms with Crippen LogP contribution in [0.4, 0.5) is 21.6 Å². The van der Waals surface area contributed by atoms with Crippen LogP contribution in [-0.4, -0.2) is 102 Å². The second-order valence-corrected chi connectivity index (χ2v) is 12.6. The highest BCUT2D eigenvalue weighted by atomic mass is 19.1. The number of nitrogens with one attached hydrogen (secondary N) is 2. The molecule has 12 heteroatoms. The quantitative estimate of drug-likeness (QED) is 0.188. The van der Waals surface area contributed by atoms with Gasteiger partial charge in [0.15, 0.2) is 5.82 Å². The molecule has 0 aliphatic carbocycles. The topological polar surface area (TPSA) is 119 Å². The second-order valence-electron chi connectivity index (χ2n) is 12.6. The van der Waals surface area contributed by atoms with E-state index in [1.54, 1.807) is 48.8 Å². The first-order valence-electron chi connectivity index (χ1n) is 16.4. The number of aliphatic hydroxyl groups excluding tert-OH is 1. The van der Waals surface area contributed by atoms with E-state index in [0.717, 1.165) is 25.1 Å². The Balaban J connectivity index is 1.06. The van der Waals surface area contributed by atoms with Crippen LogP contribution in [-0.2, 0) is 4.74 Å². The zero-order valence-electron chi connectivity index (χ0n) is 27.5. The maximum atomic E-state index is 15.4. The van der Waals surface area contributed by atoms with Gasteiger partial charge < -0.3 is 35.2 Å². The smallest absolute Gasteiger partial charge is 0.253 e. The van der Waals surface area contributed by atoms with E-state index in [1.807, 2.05) is 49.3 Å². The predicted molar refractivity (Wildman–Crippen MR) is 189 cm³/mol. The van der Waals surface area contributed by atoms with Crippen molar-refractivity contribution in [3.8, 4) is 22.5 Å². The van der Waals surface area contributed by atoms with Crippen LogP contribution in [0, 0.1) is 5.82 Å². The van der Waals surface area contributed by atoms with Crippen LogP contribution in [0.1, 0.15) is 16.8 Å². The number of pyridine rings is 1. The maximum absolute atomic E-state index is 15.4. The minimum atomic E-state index is -1.09. The molecule has 0 radical (unpaired) electrons. The van der Waals surface area contributed by atoms with Crippen LogP contribution in [0.3, 0.4) is 0 Å². The lowest BCUT2D eigenvalue weighted by atomic mass is 10.0. The maximum Gasteiger partial charge on any atom is 0.253 e. The number of fused-ring (bicyclic) bond motifs is 1. The van der Waals surface area contributed by atoms with E-state index in [0.29, 0.717) is 83.0 Å². The molecule has 2 atom stereocenters. The summed E-state index contributed by atoms with van der Waals surface area (Å²) in [5.41, 5.74) is 4.45. The molecular weight excluding hydrogens is 623 g/mol. The fourth-order valence-corrected chi connectivity index (χ4v) is 6.33. The summed E-state index contributed by atoms with van der Waals surface area (Å²) in [5, 5.41) is 17.4. The van der Waals surface area contributed by atoms with Crippen LogP contribution < -0.4 is 15.5 Å². The Hall–Kier alpha value is -5.17. The standard InChI is InChI=1S/C37H39FN8O3/c1-44(2)29-13-15-46(23-29)36(47)25-7-11-28(12-8-25)41-37(48)40-27-9-5-24(6-10-27)34-42-33-21-30(26-4-3-14-39-22-26)32(38)20-31(33)35(43-34)45-16-18-49-19-17-45/h3-12,14,20-22,29,37,40-41,48H,13,15-19,23H2,1-2H3/t29-,37?/m1/s1. The molecule has 3 N–H and O–H groups in total. The molecule has 11 nitrogen and oxygen atoms in total. The Morgan fingerprint density at radius 1 is 0.959 bits per heavy atom. The van der Waals surface area contributed by atoms with Crippen LogP contribution in [0.15, 0.2) is 85.2 Å². The molecular formula is C37H39FN8O3. The number of nitrogens with zero attached hydrogens (tertiary/aromatic N) is 6. The minimum Gasteiger partial charge on any atom is -0.378 e. The van der Waals surface area contributed by atoms with E-state index in [9.17, 15) is 9.90 Å². The van der Waals surface area contributed by atoms with Crippen molar-refractivity contribution in [2.75, 3.05) is 69.0 Å². The summed E-state index contributed by atoms with van der Waals surface area (Å²) in [6, 6.07) is 21.8. The third kappa shape index (κ3) is 7.16. The van der Waals surface area contributed by atoms with Crippen molar-refractivity contribution in [1.29, 1.82) is 0 Å². The first-order valence-corrected chi connectivity index (χ1v) is 16.4. The summed E-state index contributed by atoms with van der Waals surface area (Å²) >= 11 is 0. The van der Waals surface area contributed by atoms with Gasteiger partial charge in [-0.1, -0.05) is 6.07 Å². The van der Waals surface area contributed by atoms with E-state index < -0.39 is 6.35 Å². The molecule has 4 heterocycles. The summed E-state index contributed by atoms with van der Waals surface area (Å²) in [7, 11) is 4.08. The lowest BCUT2D eigenvalue weighted by Gasteiger charge is -2.29. The van der Waals surface area contributed by atoms with Crippen molar-refractivity contribution in [3.05, 3.63) is 96.6 Å². The van der Waals surface area contributed by atoms with Gasteiger partial charge in [-0.2, -0.15) is 0 Å². The van der Waals surface area contributed by atoms with Crippen LogP contribution in [0.25, 0.3) is 33.4 Å². The van der Waals surface area contributed by atoms with Gasteiger partial charge in [0.2, 0.25) is 6.35 Å². The molecule has 0 bridgehead atoms. The third-order valence-electron chi connectivity index (χ3n) is 9.11. The van der Waals surface area contributed by atoms with Crippen LogP contribution in [0.5, 0.6) is 0 Å². The zero-order chi connectivity index (χ0) is 33.9. The van der Waals surface area contributed by atoms with Crippen molar-refractivity contribution >= 4 is 34.0 Å². The van der Waals surface area contributed by atoms with Crippen LogP contribution in [0.2, 0.25) is 0 Å². The van der Waals surface area contributed by atoms with Gasteiger partial charge in [0, 0.05) is 83.6 Å². The Kier molecular flexibility index (Phi) is 9.34. The van der Waals surface area contributed by atoms with E-state index >= 15 is 4.39 Å². The van der Waals surface area contributed by atoms with Crippen molar-refractivity contribution in [2.24, 2.45) is 0 Å². The molecule has 2 saturated heterocycles. The molecule has 1 amide bonds. The highest BCUT2D eigenvalue weighted by Crippen LogP contribution is 2.33. The molecule has 3 aromatic carbocycles. The highest BCUT2D eigenvalue weighted by Gasteiger charge is 2.28. The molecule has 2 fully saturated rings. The lowest BCUT2D eigenvalue weighted by molar-refractivity contribution is 0.0783. The zero-order valence-corrected chi connectivity index (χ0v) is 27.5. The Labute approximate surface area is 284 Å². The van der Waals surface area contributed by atoms with Gasteiger partial charge in [0.25, 0.3) is 5.91 Å². The molecule has 7 rings (SSSR count). The van der Waals surface area contributed by atoms with Crippen molar-refractivity contribution in [2.45, 2.75) is 18.8 Å². The number of likely N-dealkylation sites (N-methyl/N-ethyl adjacent to an activating group) is 1. The van der Waals surface area contributed by atoms with Gasteiger partial charge in [0.1, 0.15) is 11.6 Å². The first-order chi connectivity index (χ1) is 23.8. The summed E-state index contributed by atoms with van der Waals surface area (Å²) in [6.45, 7) is 3.87. The van der Waals surface area contributed by atoms with Gasteiger partial charge in [-0.25, -0.2) is 14.4 Å². The average molecular weight is 663 g/mol. The summed E-state index contributed by atoms with van der Waals surface area (Å²) < 4.78 is 21.0. The number of ether oxygens (including phenoxy) is 1. The molecule has 5 aromatic rings. The van der Waals surface area contributed by atoms with Crippen LogP contribution >= 0.6 is 0 Å². The van der Waals surface area contributed by atoms with Crippen molar-refractivity contribution < 1.29 is 19.0 Å². The molecule has 2 aromatic heterocycles. The molecule has 49 heavy (non-hydrogen) atoms. The average Bonchev–Trinajstić information content (AvgIpc) is 3.63. The number of likely N-dealkylation sites (tertiary alicyclic amines) is 1. The lowest BCUT2D eigenvalue weighted by Crippen LogP contribution is -2.37. The SMILES string of the molecule is CN(C)[C@@H]1CCN(C(=O)c2ccc(NC(O)Nc3ccc(-c4nc(N5CCOCC5)c5cc(F)c(-c6cccnc6)cc5n4)cc3)cc2)C1. The van der Waals surface area contributed by atoms with Gasteiger partial charge in [-0.3, -0.25) is 9.78 Å².